The molecule has 0 heterocycles. The van der Waals surface area contributed by atoms with Crippen LogP contribution >= 0.6 is 0 Å². The molecule has 0 aromatic rings. The van der Waals surface area contributed by atoms with E-state index >= 15 is 0 Å². The van der Waals surface area contributed by atoms with Crippen molar-refractivity contribution in [2.45, 2.75) is 25.7 Å². The first kappa shape index (κ1) is 23.8. The van der Waals surface area contributed by atoms with E-state index in [0.29, 0.717) is 19.3 Å². The van der Waals surface area contributed by atoms with Crippen molar-refractivity contribution in [3.63, 3.8) is 0 Å². The second kappa shape index (κ2) is 11.6. The Kier molecular flexibility index (Phi) is 16.3. The first-order valence-corrected chi connectivity index (χ1v) is 7.15. The molecule has 92 valence electrons. The van der Waals surface area contributed by atoms with Gasteiger partial charge >= 0.3 is 59.1 Å². The number of rotatable bonds is 8. The third-order valence-corrected chi connectivity index (χ3v) is 2.76. The molecule has 0 bridgehead atoms. The van der Waals surface area contributed by atoms with Crippen LogP contribution in [0.1, 0.15) is 25.7 Å². The summed E-state index contributed by atoms with van der Waals surface area (Å²) < 4.78 is 64.2. The van der Waals surface area contributed by atoms with Gasteiger partial charge in [0, 0.05) is 5.75 Å². The maximum Gasteiger partial charge on any atom is 1.00 e. The van der Waals surface area contributed by atoms with Crippen molar-refractivity contribution in [2.75, 3.05) is 12.4 Å². The van der Waals surface area contributed by atoms with Crippen molar-refractivity contribution in [2.24, 2.45) is 0 Å². The summed E-state index contributed by atoms with van der Waals surface area (Å²) in [5.74, 6) is -0.423. The third-order valence-electron chi connectivity index (χ3n) is 1.52. The van der Waals surface area contributed by atoms with Crippen molar-refractivity contribution >= 4 is 20.5 Å². The summed E-state index contributed by atoms with van der Waals surface area (Å²) >= 11 is 0. The molecule has 0 atom stereocenters. The van der Waals surface area contributed by atoms with Crippen molar-refractivity contribution < 1.29 is 89.2 Å². The Morgan fingerprint density at radius 2 is 1.29 bits per heavy atom. The van der Waals surface area contributed by atoms with Crippen LogP contribution in [0.15, 0.2) is 0 Å². The molecule has 11 heteroatoms. The zero-order valence-corrected chi connectivity index (χ0v) is 15.5. The smallest absolute Gasteiger partial charge is 0.748 e. The average Bonchev–Trinajstić information content (AvgIpc) is 1.98. The summed E-state index contributed by atoms with van der Waals surface area (Å²) in [6.45, 7) is -0.212. The van der Waals surface area contributed by atoms with Gasteiger partial charge in [0.05, 0.1) is 16.7 Å². The molecular formula is C6H12Na2O7S2. The molecule has 0 rings (SSSR count). The fourth-order valence-electron chi connectivity index (χ4n) is 0.895. The van der Waals surface area contributed by atoms with Gasteiger partial charge in [-0.25, -0.2) is 16.8 Å². The van der Waals surface area contributed by atoms with E-state index in [1.807, 2.05) is 0 Å². The molecule has 0 unspecified atom stereocenters. The minimum absolute atomic E-state index is 0. The van der Waals surface area contributed by atoms with Gasteiger partial charge in [-0.15, -0.1) is 0 Å². The minimum Gasteiger partial charge on any atom is -0.748 e. The van der Waals surface area contributed by atoms with Gasteiger partial charge in [0.25, 0.3) is 0 Å². The predicted octanol–water partition coefficient (Wildman–Crippen LogP) is -6.42. The molecule has 0 spiro atoms. The molecule has 0 aromatic carbocycles. The number of unbranched alkanes of at least 4 members (excludes halogenated alkanes) is 3. The first-order valence-electron chi connectivity index (χ1n) is 4.24. The van der Waals surface area contributed by atoms with E-state index in [1.54, 1.807) is 0 Å². The SMILES string of the molecule is O=S(=O)([O-])CCCCCCOS(=O)(=O)[O-].[Na+].[Na+]. The van der Waals surface area contributed by atoms with Crippen molar-refractivity contribution in [3.05, 3.63) is 0 Å². The predicted molar refractivity (Wildman–Crippen MR) is 48.7 cm³/mol. The van der Waals surface area contributed by atoms with Crippen LogP contribution in [-0.2, 0) is 24.7 Å². The van der Waals surface area contributed by atoms with E-state index < -0.39 is 26.3 Å². The van der Waals surface area contributed by atoms with Crippen molar-refractivity contribution in [3.8, 4) is 0 Å². The topological polar surface area (TPSA) is 124 Å². The molecule has 0 aliphatic heterocycles. The normalized spacial score (nSPS) is 11.4. The zero-order valence-electron chi connectivity index (χ0n) is 9.92. The average molecular weight is 306 g/mol. The van der Waals surface area contributed by atoms with Gasteiger partial charge < -0.3 is 9.11 Å². The van der Waals surface area contributed by atoms with Crippen LogP contribution in [0, 0.1) is 0 Å². The maximum absolute atomic E-state index is 10.2. The van der Waals surface area contributed by atoms with Crippen LogP contribution in [-0.4, -0.2) is 38.3 Å². The van der Waals surface area contributed by atoms with Crippen LogP contribution in [0.3, 0.4) is 0 Å². The maximum atomic E-state index is 10.2. The molecule has 0 aliphatic rings. The molecule has 0 N–H and O–H groups in total. The summed E-state index contributed by atoms with van der Waals surface area (Å²) in [6.07, 6.45) is 1.55. The quantitative estimate of drug-likeness (QED) is 0.189. The van der Waals surface area contributed by atoms with Crippen molar-refractivity contribution in [1.29, 1.82) is 0 Å². The van der Waals surface area contributed by atoms with Crippen LogP contribution in [0.2, 0.25) is 0 Å². The third kappa shape index (κ3) is 23.3. The summed E-state index contributed by atoms with van der Waals surface area (Å²) in [5.41, 5.74) is 0. The van der Waals surface area contributed by atoms with E-state index in [-0.39, 0.29) is 72.1 Å². The second-order valence-electron chi connectivity index (χ2n) is 2.91. The van der Waals surface area contributed by atoms with E-state index in [1.165, 1.54) is 0 Å². The summed E-state index contributed by atoms with van der Waals surface area (Å²) in [7, 11) is -8.80. The molecule has 0 fully saturated rings. The zero-order chi connectivity index (χ0) is 11.9. The van der Waals surface area contributed by atoms with E-state index in [9.17, 15) is 25.9 Å². The summed E-state index contributed by atoms with van der Waals surface area (Å²) in [4.78, 5) is 0. The van der Waals surface area contributed by atoms with Crippen LogP contribution < -0.4 is 59.1 Å². The van der Waals surface area contributed by atoms with E-state index in [0.717, 1.165) is 0 Å². The minimum atomic E-state index is -4.64. The van der Waals surface area contributed by atoms with Gasteiger partial charge in [-0.3, -0.25) is 4.18 Å². The van der Waals surface area contributed by atoms with Gasteiger partial charge in [-0.2, -0.15) is 0 Å². The van der Waals surface area contributed by atoms with Crippen LogP contribution in [0.4, 0.5) is 0 Å². The molecule has 0 saturated heterocycles. The monoisotopic (exact) mass is 306 g/mol. The summed E-state index contributed by atoms with van der Waals surface area (Å²) in [6, 6.07) is 0. The fraction of sp³-hybridized carbons (Fsp3) is 1.00. The van der Waals surface area contributed by atoms with Gasteiger partial charge in [0.15, 0.2) is 0 Å². The molecule has 0 aromatic heterocycles. The Hall–Kier alpha value is 1.78. The number of hydrogen-bond donors (Lipinski definition) is 0. The Morgan fingerprint density at radius 1 is 0.824 bits per heavy atom. The Labute approximate surface area is 146 Å². The molecule has 0 radical (unpaired) electrons. The van der Waals surface area contributed by atoms with Gasteiger partial charge in [-0.05, 0) is 12.8 Å². The van der Waals surface area contributed by atoms with E-state index in [4.69, 9.17) is 0 Å². The summed E-state index contributed by atoms with van der Waals surface area (Å²) in [5, 5.41) is 0. The van der Waals surface area contributed by atoms with Crippen LogP contribution in [0.5, 0.6) is 0 Å². The molecule has 0 amide bonds. The Balaban J connectivity index is -0.000000980. The molecule has 17 heavy (non-hydrogen) atoms. The van der Waals surface area contributed by atoms with Crippen molar-refractivity contribution in [1.82, 2.24) is 0 Å². The van der Waals surface area contributed by atoms with Gasteiger partial charge in [-0.1, -0.05) is 12.8 Å². The van der Waals surface area contributed by atoms with Crippen LogP contribution in [0.25, 0.3) is 0 Å². The molecule has 0 aliphatic carbocycles. The standard InChI is InChI=1S/C6H14O7S2.2Na/c7-14(8,9)6-4-2-1-3-5-13-15(10,11)12;;/h1-6H2,(H,7,8,9)(H,10,11,12);;/q;2*+1/p-2. The fourth-order valence-corrected chi connectivity index (χ4v) is 1.78. The molecule has 0 saturated carbocycles. The molecule has 7 nitrogen and oxygen atoms in total. The van der Waals surface area contributed by atoms with Gasteiger partial charge in [0.1, 0.15) is 0 Å². The second-order valence-corrected chi connectivity index (χ2v) is 5.48. The number of hydrogen-bond acceptors (Lipinski definition) is 7. The largest absolute Gasteiger partial charge is 1.00 e. The molecular weight excluding hydrogens is 294 g/mol. The van der Waals surface area contributed by atoms with E-state index in [2.05, 4.69) is 4.18 Å². The Morgan fingerprint density at radius 3 is 1.71 bits per heavy atom. The Bertz CT molecular complexity index is 328. The first-order chi connectivity index (χ1) is 6.71. The van der Waals surface area contributed by atoms with Gasteiger partial charge in [0.2, 0.25) is 10.4 Å².